The number of hydrogen-bond acceptors (Lipinski definition) is 4. The van der Waals surface area contributed by atoms with Gasteiger partial charge in [-0.2, -0.15) is 0 Å². The average molecular weight is 419 g/mol. The zero-order valence-electron chi connectivity index (χ0n) is 18.4. The molecule has 1 aliphatic carbocycles. The summed E-state index contributed by atoms with van der Waals surface area (Å²) in [5.41, 5.74) is 11.5. The van der Waals surface area contributed by atoms with Crippen molar-refractivity contribution in [2.75, 3.05) is 26.2 Å². The summed E-state index contributed by atoms with van der Waals surface area (Å²) in [5.74, 6) is 0.201. The lowest BCUT2D eigenvalue weighted by Gasteiger charge is -2.36. The van der Waals surface area contributed by atoms with Crippen LogP contribution in [-0.2, 0) is 19.4 Å². The Balaban J connectivity index is 1.16. The second-order valence-corrected chi connectivity index (χ2v) is 9.62. The minimum Gasteiger partial charge on any atom is -0.364 e. The Bertz CT molecular complexity index is 914. The molecule has 1 amide bonds. The van der Waals surface area contributed by atoms with Crippen LogP contribution in [0.15, 0.2) is 36.5 Å². The number of piperidine rings is 1. The number of pyridine rings is 1. The Morgan fingerprint density at radius 1 is 0.968 bits per heavy atom. The molecule has 0 radical (unpaired) electrons. The highest BCUT2D eigenvalue weighted by molar-refractivity contribution is 5.90. The normalized spacial score (nSPS) is 21.3. The number of rotatable bonds is 5. The van der Waals surface area contributed by atoms with Gasteiger partial charge in [0.2, 0.25) is 0 Å². The highest BCUT2D eigenvalue weighted by Crippen LogP contribution is 2.32. The summed E-state index contributed by atoms with van der Waals surface area (Å²) in [6.45, 7) is 5.58. The number of carbonyl (C=O) groups excluding carboxylic acids is 1. The van der Waals surface area contributed by atoms with E-state index in [0.717, 1.165) is 31.2 Å². The molecule has 2 aliphatic heterocycles. The molecule has 1 saturated carbocycles. The summed E-state index contributed by atoms with van der Waals surface area (Å²) < 4.78 is 0. The van der Waals surface area contributed by atoms with E-state index in [4.69, 9.17) is 5.73 Å². The van der Waals surface area contributed by atoms with E-state index in [2.05, 4.69) is 33.0 Å². The van der Waals surface area contributed by atoms with Crippen LogP contribution in [-0.4, -0.2) is 52.9 Å². The number of aromatic nitrogens is 1. The molecule has 2 fully saturated rings. The fourth-order valence-corrected chi connectivity index (χ4v) is 5.48. The smallest absolute Gasteiger partial charge is 0.267 e. The molecule has 1 aromatic heterocycles. The standard InChI is InChI=1S/C26H34N4O/c27-26(31)25-7-4-19(17-28-25)18-29-12-8-21(9-13-29)22-6-5-20-10-14-30(24-2-1-3-24)15-11-23(20)16-22/h4-7,16-17,21,24H,1-3,8-15,18H2,(H2,27,31). The Kier molecular flexibility index (Phi) is 6.06. The van der Waals surface area contributed by atoms with Crippen LogP contribution in [0.5, 0.6) is 0 Å². The van der Waals surface area contributed by atoms with Crippen molar-refractivity contribution >= 4 is 5.91 Å². The monoisotopic (exact) mass is 418 g/mol. The van der Waals surface area contributed by atoms with Crippen LogP contribution in [0, 0.1) is 0 Å². The van der Waals surface area contributed by atoms with Crippen molar-refractivity contribution in [3.63, 3.8) is 0 Å². The van der Waals surface area contributed by atoms with Crippen LogP contribution < -0.4 is 5.73 Å². The van der Waals surface area contributed by atoms with Crippen molar-refractivity contribution in [1.29, 1.82) is 0 Å². The summed E-state index contributed by atoms with van der Waals surface area (Å²) >= 11 is 0. The van der Waals surface area contributed by atoms with Crippen molar-refractivity contribution in [3.05, 3.63) is 64.5 Å². The molecule has 0 spiro atoms. The number of nitrogens with two attached hydrogens (primary N) is 1. The Morgan fingerprint density at radius 3 is 2.39 bits per heavy atom. The number of likely N-dealkylation sites (tertiary alicyclic amines) is 1. The summed E-state index contributed by atoms with van der Waals surface area (Å²) in [7, 11) is 0. The summed E-state index contributed by atoms with van der Waals surface area (Å²) in [4.78, 5) is 20.6. The quantitative estimate of drug-likeness (QED) is 0.807. The van der Waals surface area contributed by atoms with Crippen molar-refractivity contribution < 1.29 is 4.79 Å². The van der Waals surface area contributed by atoms with Gasteiger partial charge in [-0.05, 0) is 85.9 Å². The Morgan fingerprint density at radius 2 is 1.74 bits per heavy atom. The molecule has 0 atom stereocenters. The summed E-state index contributed by atoms with van der Waals surface area (Å²) in [5, 5.41) is 0. The average Bonchev–Trinajstić information content (AvgIpc) is 2.96. The van der Waals surface area contributed by atoms with Gasteiger partial charge < -0.3 is 5.73 Å². The third-order valence-corrected chi connectivity index (χ3v) is 7.70. The van der Waals surface area contributed by atoms with Crippen molar-refractivity contribution in [2.45, 2.75) is 63.5 Å². The van der Waals surface area contributed by atoms with Gasteiger partial charge in [0.1, 0.15) is 5.69 Å². The van der Waals surface area contributed by atoms with Gasteiger partial charge in [-0.1, -0.05) is 30.7 Å². The zero-order valence-corrected chi connectivity index (χ0v) is 18.4. The first-order valence-electron chi connectivity index (χ1n) is 12.0. The fourth-order valence-electron chi connectivity index (χ4n) is 5.48. The molecule has 3 aliphatic rings. The van der Waals surface area contributed by atoms with Gasteiger partial charge in [0, 0.05) is 31.9 Å². The molecule has 5 rings (SSSR count). The van der Waals surface area contributed by atoms with Gasteiger partial charge in [0.15, 0.2) is 0 Å². The van der Waals surface area contributed by atoms with E-state index in [1.807, 2.05) is 6.07 Å². The van der Waals surface area contributed by atoms with E-state index in [1.165, 1.54) is 58.0 Å². The van der Waals surface area contributed by atoms with Gasteiger partial charge in [0.05, 0.1) is 0 Å². The van der Waals surface area contributed by atoms with Crippen LogP contribution in [0.25, 0.3) is 0 Å². The number of fused-ring (bicyclic) bond motifs is 1. The lowest BCUT2D eigenvalue weighted by atomic mass is 9.87. The molecule has 0 unspecified atom stereocenters. The molecule has 0 bridgehead atoms. The van der Waals surface area contributed by atoms with Crippen molar-refractivity contribution in [2.24, 2.45) is 5.73 Å². The molecule has 31 heavy (non-hydrogen) atoms. The van der Waals surface area contributed by atoms with E-state index in [-0.39, 0.29) is 0 Å². The molecule has 5 heteroatoms. The van der Waals surface area contributed by atoms with E-state index in [0.29, 0.717) is 11.6 Å². The van der Waals surface area contributed by atoms with Gasteiger partial charge in [-0.15, -0.1) is 0 Å². The molecular formula is C26H34N4O. The van der Waals surface area contributed by atoms with Crippen LogP contribution in [0.1, 0.15) is 70.8 Å². The predicted octanol–water partition coefficient (Wildman–Crippen LogP) is 3.51. The lowest BCUT2D eigenvalue weighted by molar-refractivity contribution is 0.0995. The summed E-state index contributed by atoms with van der Waals surface area (Å²) in [6.07, 6.45) is 10.9. The largest absolute Gasteiger partial charge is 0.364 e. The molecule has 164 valence electrons. The van der Waals surface area contributed by atoms with E-state index in [9.17, 15) is 4.79 Å². The number of carbonyl (C=O) groups is 1. The predicted molar refractivity (Wildman–Crippen MR) is 123 cm³/mol. The van der Waals surface area contributed by atoms with Crippen LogP contribution in [0.3, 0.4) is 0 Å². The van der Waals surface area contributed by atoms with Crippen LogP contribution in [0.2, 0.25) is 0 Å². The van der Waals surface area contributed by atoms with Gasteiger partial charge in [-0.25, -0.2) is 0 Å². The first kappa shape index (κ1) is 20.7. The third-order valence-electron chi connectivity index (χ3n) is 7.70. The maximum atomic E-state index is 11.2. The fraction of sp³-hybridized carbons (Fsp3) is 0.538. The molecule has 2 N–H and O–H groups in total. The topological polar surface area (TPSA) is 62.5 Å². The molecule has 5 nitrogen and oxygen atoms in total. The minimum atomic E-state index is -0.469. The highest BCUT2D eigenvalue weighted by atomic mass is 16.1. The molecule has 3 heterocycles. The van der Waals surface area contributed by atoms with Crippen molar-refractivity contribution in [3.8, 4) is 0 Å². The van der Waals surface area contributed by atoms with Gasteiger partial charge in [0.25, 0.3) is 5.91 Å². The van der Waals surface area contributed by atoms with Gasteiger partial charge in [-0.3, -0.25) is 19.6 Å². The Labute approximate surface area is 185 Å². The SMILES string of the molecule is NC(=O)c1ccc(CN2CCC(c3ccc4c(c3)CCN(C3CCC3)CC4)CC2)cn1. The maximum absolute atomic E-state index is 11.2. The summed E-state index contributed by atoms with van der Waals surface area (Å²) in [6, 6.07) is 11.9. The van der Waals surface area contributed by atoms with Gasteiger partial charge >= 0.3 is 0 Å². The van der Waals surface area contributed by atoms with E-state index in [1.54, 1.807) is 29.0 Å². The number of amides is 1. The van der Waals surface area contributed by atoms with E-state index >= 15 is 0 Å². The maximum Gasteiger partial charge on any atom is 0.267 e. The molecule has 2 aromatic rings. The number of primary amides is 1. The number of nitrogens with zero attached hydrogens (tertiary/aromatic N) is 3. The van der Waals surface area contributed by atoms with Crippen LogP contribution >= 0.6 is 0 Å². The van der Waals surface area contributed by atoms with Crippen LogP contribution in [0.4, 0.5) is 0 Å². The Hall–Kier alpha value is -2.24. The van der Waals surface area contributed by atoms with Crippen molar-refractivity contribution in [1.82, 2.24) is 14.8 Å². The first-order valence-corrected chi connectivity index (χ1v) is 12.0. The third kappa shape index (κ3) is 4.68. The number of hydrogen-bond donors (Lipinski definition) is 1. The molecule has 1 saturated heterocycles. The highest BCUT2D eigenvalue weighted by Gasteiger charge is 2.27. The minimum absolute atomic E-state index is 0.335. The molecular weight excluding hydrogens is 384 g/mol. The lowest BCUT2D eigenvalue weighted by Crippen LogP contribution is -2.41. The second kappa shape index (κ2) is 9.09. The second-order valence-electron chi connectivity index (χ2n) is 9.62. The first-order chi connectivity index (χ1) is 15.2. The van der Waals surface area contributed by atoms with E-state index < -0.39 is 5.91 Å². The molecule has 1 aromatic carbocycles. The number of benzene rings is 1. The zero-order chi connectivity index (χ0) is 21.2.